The molecule has 0 saturated carbocycles. The number of halogens is 1. The predicted octanol–water partition coefficient (Wildman–Crippen LogP) is 5.52. The third-order valence-electron chi connectivity index (χ3n) is 5.10. The number of carbonyl (C=O) groups is 2. The third kappa shape index (κ3) is 7.04. The van der Waals surface area contributed by atoms with E-state index < -0.39 is 12.1 Å². The Labute approximate surface area is 214 Å². The minimum atomic E-state index is -1.02. The highest BCUT2D eigenvalue weighted by atomic mass is 35.5. The number of amides is 1. The van der Waals surface area contributed by atoms with Gasteiger partial charge in [0.2, 0.25) is 0 Å². The lowest BCUT2D eigenvalue weighted by molar-refractivity contribution is -0.153. The zero-order chi connectivity index (χ0) is 25.5. The Morgan fingerprint density at radius 2 is 1.94 bits per heavy atom. The zero-order valence-corrected chi connectivity index (χ0v) is 21.7. The number of hydrogen-bond donors (Lipinski definition) is 2. The van der Waals surface area contributed by atoms with Crippen molar-refractivity contribution in [2.24, 2.45) is 0 Å². The number of thiazole rings is 1. The van der Waals surface area contributed by atoms with Crippen LogP contribution in [0.4, 0.5) is 0 Å². The highest BCUT2D eigenvalue weighted by Gasteiger charge is 2.22. The van der Waals surface area contributed by atoms with E-state index in [4.69, 9.17) is 21.1 Å². The first kappa shape index (κ1) is 26.7. The second-order valence-corrected chi connectivity index (χ2v) is 9.59. The molecule has 0 spiro atoms. The van der Waals surface area contributed by atoms with Crippen LogP contribution in [-0.2, 0) is 22.5 Å². The third-order valence-corrected chi connectivity index (χ3v) is 6.62. The van der Waals surface area contributed by atoms with Gasteiger partial charge >= 0.3 is 5.97 Å². The number of aliphatic carboxylic acids is 1. The molecule has 35 heavy (non-hydrogen) atoms. The number of aryl methyl sites for hydroxylation is 1. The van der Waals surface area contributed by atoms with Crippen LogP contribution in [0.25, 0.3) is 10.6 Å². The lowest BCUT2D eigenvalue weighted by atomic mass is 10.0. The van der Waals surface area contributed by atoms with Crippen LogP contribution in [0.5, 0.6) is 5.75 Å². The van der Waals surface area contributed by atoms with Crippen LogP contribution < -0.4 is 10.1 Å². The Kier molecular flexibility index (Phi) is 9.26. The van der Waals surface area contributed by atoms with Crippen LogP contribution in [0, 0.1) is 6.92 Å². The number of nitrogens with one attached hydrogen (secondary N) is 1. The Morgan fingerprint density at radius 1 is 1.20 bits per heavy atom. The average molecular weight is 517 g/mol. The predicted molar refractivity (Wildman–Crippen MR) is 137 cm³/mol. The number of aromatic nitrogens is 1. The zero-order valence-electron chi connectivity index (χ0n) is 20.1. The van der Waals surface area contributed by atoms with Gasteiger partial charge in [-0.05, 0) is 45.4 Å². The largest absolute Gasteiger partial charge is 0.494 e. The quantitative estimate of drug-likeness (QED) is 0.348. The summed E-state index contributed by atoms with van der Waals surface area (Å²) in [5, 5.41) is 13.7. The minimum absolute atomic E-state index is 0.204. The lowest BCUT2D eigenvalue weighted by Gasteiger charge is -2.18. The van der Waals surface area contributed by atoms with Crippen molar-refractivity contribution < 1.29 is 24.2 Å². The van der Waals surface area contributed by atoms with Gasteiger partial charge in [0.05, 0.1) is 23.4 Å². The maximum atomic E-state index is 13.0. The van der Waals surface area contributed by atoms with Gasteiger partial charge in [0.1, 0.15) is 15.6 Å². The number of rotatable bonds is 11. The summed E-state index contributed by atoms with van der Waals surface area (Å²) >= 11 is 7.58. The fourth-order valence-corrected chi connectivity index (χ4v) is 4.85. The summed E-state index contributed by atoms with van der Waals surface area (Å²) in [4.78, 5) is 29.6. The van der Waals surface area contributed by atoms with Crippen molar-refractivity contribution >= 4 is 34.8 Å². The molecule has 0 aliphatic rings. The fraction of sp³-hybridized carbons (Fsp3) is 0.346. The van der Waals surface area contributed by atoms with Crippen molar-refractivity contribution in [2.45, 2.75) is 52.9 Å². The molecule has 3 rings (SSSR count). The van der Waals surface area contributed by atoms with Gasteiger partial charge in [0.15, 0.2) is 6.10 Å². The van der Waals surface area contributed by atoms with Crippen molar-refractivity contribution in [2.75, 3.05) is 6.61 Å². The smallest absolute Gasteiger partial charge is 0.333 e. The van der Waals surface area contributed by atoms with Crippen molar-refractivity contribution in [1.82, 2.24) is 10.3 Å². The van der Waals surface area contributed by atoms with Gasteiger partial charge in [-0.15, -0.1) is 11.3 Å². The summed E-state index contributed by atoms with van der Waals surface area (Å²) in [7, 11) is 0. The molecule has 0 fully saturated rings. The number of hydrogen-bond acceptors (Lipinski definition) is 6. The van der Waals surface area contributed by atoms with Gasteiger partial charge in [-0.2, -0.15) is 0 Å². The van der Waals surface area contributed by atoms with E-state index in [1.165, 1.54) is 11.3 Å². The van der Waals surface area contributed by atoms with E-state index in [0.717, 1.165) is 16.7 Å². The molecule has 0 saturated heterocycles. The van der Waals surface area contributed by atoms with Gasteiger partial charge < -0.3 is 19.9 Å². The molecule has 7 nitrogen and oxygen atoms in total. The molecular formula is C26H29ClN2O5S. The van der Waals surface area contributed by atoms with E-state index >= 15 is 0 Å². The molecular weight excluding hydrogens is 488 g/mol. The summed E-state index contributed by atoms with van der Waals surface area (Å²) in [6, 6.07) is 12.8. The first-order chi connectivity index (χ1) is 16.7. The summed E-state index contributed by atoms with van der Waals surface area (Å²) in [6.45, 7) is 7.94. The van der Waals surface area contributed by atoms with Crippen molar-refractivity contribution in [3.8, 4) is 16.3 Å². The standard InChI is InChI=1S/C26H29ClN2O5S/c1-5-33-21-11-10-17(13-22(26(31)32)34-15(2)3)12-18(21)14-28-24(30)23-16(4)29-25(35-23)19-8-6-7-9-20(19)27/h6-12,15,22H,5,13-14H2,1-4H3,(H,28,30)(H,31,32). The van der Waals surface area contributed by atoms with E-state index in [1.54, 1.807) is 32.9 Å². The second kappa shape index (κ2) is 12.2. The molecule has 3 aromatic rings. The Balaban J connectivity index is 1.78. The van der Waals surface area contributed by atoms with Crippen molar-refractivity contribution in [3.63, 3.8) is 0 Å². The van der Waals surface area contributed by atoms with Crippen LogP contribution >= 0.6 is 22.9 Å². The van der Waals surface area contributed by atoms with Gasteiger partial charge in [0.25, 0.3) is 5.91 Å². The minimum Gasteiger partial charge on any atom is -0.494 e. The average Bonchev–Trinajstić information content (AvgIpc) is 3.19. The van der Waals surface area contributed by atoms with Crippen LogP contribution in [0.1, 0.15) is 47.3 Å². The Morgan fingerprint density at radius 3 is 2.60 bits per heavy atom. The summed E-state index contributed by atoms with van der Waals surface area (Å²) in [5.74, 6) is -0.638. The van der Waals surface area contributed by atoms with Crippen LogP contribution in [0.3, 0.4) is 0 Å². The number of nitrogens with zero attached hydrogens (tertiary/aromatic N) is 1. The van der Waals surface area contributed by atoms with Gasteiger partial charge in [-0.25, -0.2) is 9.78 Å². The maximum Gasteiger partial charge on any atom is 0.333 e. The number of carbonyl (C=O) groups excluding carboxylic acids is 1. The molecule has 1 heterocycles. The molecule has 1 unspecified atom stereocenters. The van der Waals surface area contributed by atoms with E-state index in [2.05, 4.69) is 10.3 Å². The van der Waals surface area contributed by atoms with Gasteiger partial charge in [-0.3, -0.25) is 4.79 Å². The highest BCUT2D eigenvalue weighted by molar-refractivity contribution is 7.17. The lowest BCUT2D eigenvalue weighted by Crippen LogP contribution is -2.29. The SMILES string of the molecule is CCOc1ccc(CC(OC(C)C)C(=O)O)cc1CNC(=O)c1sc(-c2ccccc2Cl)nc1C. The maximum absolute atomic E-state index is 13.0. The molecule has 2 N–H and O–H groups in total. The fourth-order valence-electron chi connectivity index (χ4n) is 3.54. The monoisotopic (exact) mass is 516 g/mol. The Hall–Kier alpha value is -2.94. The number of ether oxygens (including phenoxy) is 2. The number of carboxylic acids is 1. The molecule has 0 aliphatic carbocycles. The molecule has 2 aromatic carbocycles. The molecule has 1 atom stereocenters. The summed E-state index contributed by atoms with van der Waals surface area (Å²) < 4.78 is 11.3. The van der Waals surface area contributed by atoms with Crippen molar-refractivity contribution in [3.05, 3.63) is 69.2 Å². The first-order valence-electron chi connectivity index (χ1n) is 11.3. The van der Waals surface area contributed by atoms with Crippen LogP contribution in [0.2, 0.25) is 5.02 Å². The van der Waals surface area contributed by atoms with E-state index in [9.17, 15) is 14.7 Å². The number of benzene rings is 2. The van der Waals surface area contributed by atoms with Gasteiger partial charge in [-0.1, -0.05) is 41.9 Å². The van der Waals surface area contributed by atoms with Crippen LogP contribution in [0.15, 0.2) is 42.5 Å². The molecule has 1 amide bonds. The molecule has 0 aliphatic heterocycles. The first-order valence-corrected chi connectivity index (χ1v) is 12.5. The number of carboxylic acid groups (broad SMARTS) is 1. The second-order valence-electron chi connectivity index (χ2n) is 8.19. The summed E-state index contributed by atoms with van der Waals surface area (Å²) in [5.41, 5.74) is 2.93. The molecule has 186 valence electrons. The van der Waals surface area contributed by atoms with Gasteiger partial charge in [0, 0.05) is 24.1 Å². The summed E-state index contributed by atoms with van der Waals surface area (Å²) in [6.07, 6.45) is -0.968. The Bertz CT molecular complexity index is 1190. The van der Waals surface area contributed by atoms with E-state index in [-0.39, 0.29) is 25.0 Å². The van der Waals surface area contributed by atoms with Crippen molar-refractivity contribution in [1.29, 1.82) is 0 Å². The molecule has 9 heteroatoms. The normalized spacial score (nSPS) is 11.9. The van der Waals surface area contributed by atoms with Crippen LogP contribution in [-0.4, -0.2) is 40.8 Å². The molecule has 1 aromatic heterocycles. The van der Waals surface area contributed by atoms with E-state index in [1.807, 2.05) is 37.3 Å². The molecule has 0 radical (unpaired) electrons. The molecule has 0 bridgehead atoms. The van der Waals surface area contributed by atoms with E-state index in [0.29, 0.717) is 33.0 Å². The highest BCUT2D eigenvalue weighted by Crippen LogP contribution is 2.33. The topological polar surface area (TPSA) is 97.8 Å².